The lowest BCUT2D eigenvalue weighted by molar-refractivity contribution is 0.0526. The molecule has 8 heteroatoms. The second kappa shape index (κ2) is 11.6. The topological polar surface area (TPSA) is 92.3 Å². The third kappa shape index (κ3) is 6.12. The number of hydrogen-bond acceptors (Lipinski definition) is 7. The Bertz CT molecular complexity index is 1140. The number of carbonyl (C=O) groups excluding carboxylic acids is 2. The summed E-state index contributed by atoms with van der Waals surface area (Å²) >= 11 is 6.41. The number of Topliss-reactive ketones (excluding diaryl/α,β-unsaturated/α-hetero) is 1. The molecule has 33 heavy (non-hydrogen) atoms. The van der Waals surface area contributed by atoms with E-state index in [1.54, 1.807) is 36.9 Å². The van der Waals surface area contributed by atoms with Crippen molar-refractivity contribution in [3.63, 3.8) is 0 Å². The second-order valence-electron chi connectivity index (χ2n) is 7.83. The summed E-state index contributed by atoms with van der Waals surface area (Å²) in [5, 5.41) is 10.5. The van der Waals surface area contributed by atoms with Crippen LogP contribution in [0.2, 0.25) is 0 Å². The van der Waals surface area contributed by atoms with Crippen molar-refractivity contribution >= 4 is 47.2 Å². The van der Waals surface area contributed by atoms with Crippen molar-refractivity contribution in [3.05, 3.63) is 52.8 Å². The average molecular weight is 487 g/mol. The number of esters is 1. The maximum atomic E-state index is 12.0. The van der Waals surface area contributed by atoms with Crippen LogP contribution in [0.3, 0.4) is 0 Å². The first-order valence-corrected chi connectivity index (χ1v) is 12.7. The number of nitrogens with one attached hydrogen (secondary N) is 1. The molecule has 3 aromatic rings. The van der Waals surface area contributed by atoms with Gasteiger partial charge >= 0.3 is 5.97 Å². The summed E-state index contributed by atoms with van der Waals surface area (Å²) in [7, 11) is 0. The van der Waals surface area contributed by atoms with Crippen molar-refractivity contribution in [1.29, 1.82) is 0 Å². The highest BCUT2D eigenvalue weighted by Gasteiger charge is 2.17. The molecule has 176 valence electrons. The van der Waals surface area contributed by atoms with Gasteiger partial charge in [0.15, 0.2) is 5.78 Å². The molecule has 1 atom stereocenters. The number of aromatic hydroxyl groups is 1. The van der Waals surface area contributed by atoms with Crippen molar-refractivity contribution in [2.24, 2.45) is 0 Å². The van der Waals surface area contributed by atoms with Crippen molar-refractivity contribution < 1.29 is 19.4 Å². The van der Waals surface area contributed by atoms with E-state index in [9.17, 15) is 14.7 Å². The summed E-state index contributed by atoms with van der Waals surface area (Å²) in [6, 6.07) is 8.93. The molecule has 1 heterocycles. The lowest BCUT2D eigenvalue weighted by Crippen LogP contribution is -2.04. The fraction of sp³-hybridized carbons (Fsp3) is 0.400. The molecule has 0 spiro atoms. The molecule has 0 bridgehead atoms. The Morgan fingerprint density at radius 3 is 2.73 bits per heavy atom. The minimum absolute atomic E-state index is 0.0624. The third-order valence-corrected chi connectivity index (χ3v) is 7.01. The largest absolute Gasteiger partial charge is 0.507 e. The number of thiol groups is 1. The highest BCUT2D eigenvalue weighted by atomic mass is 32.2. The number of nitrogens with zero attached hydrogens (tertiary/aromatic N) is 1. The SMILES string of the molecule is CCCc1c(SCCCC(S)c2nc3ccc(C(=O)OCC)cc3[nH]2)ccc(C(C)=O)c1O. The number of imidazole rings is 1. The molecule has 2 N–H and O–H groups in total. The second-order valence-corrected chi connectivity index (χ2v) is 9.59. The zero-order valence-corrected chi connectivity index (χ0v) is 20.9. The fourth-order valence-corrected chi connectivity index (χ4v) is 5.03. The first kappa shape index (κ1) is 25.2. The van der Waals surface area contributed by atoms with E-state index in [1.807, 2.05) is 12.1 Å². The van der Waals surface area contributed by atoms with E-state index in [-0.39, 0.29) is 22.8 Å². The highest BCUT2D eigenvalue weighted by Crippen LogP contribution is 2.35. The standard InChI is InChI=1S/C25H30N2O4S2/c1-4-7-18-22(12-10-17(15(3)28)23(18)29)33-13-6-8-21(32)24-26-19-11-9-16(14-20(19)27-24)25(30)31-5-2/h9-12,14,21,29,32H,4-8,13H2,1-3H3,(H,26,27). The summed E-state index contributed by atoms with van der Waals surface area (Å²) < 4.78 is 5.06. The molecule has 0 saturated carbocycles. The number of ether oxygens (including phenoxy) is 1. The van der Waals surface area contributed by atoms with E-state index in [0.717, 1.165) is 58.8 Å². The van der Waals surface area contributed by atoms with Crippen molar-refractivity contribution in [2.75, 3.05) is 12.4 Å². The van der Waals surface area contributed by atoms with Gasteiger partial charge in [-0.2, -0.15) is 12.6 Å². The van der Waals surface area contributed by atoms with E-state index >= 15 is 0 Å². The predicted molar refractivity (Wildman–Crippen MR) is 136 cm³/mol. The van der Waals surface area contributed by atoms with Crippen molar-refractivity contribution in [3.8, 4) is 5.75 Å². The van der Waals surface area contributed by atoms with Crippen LogP contribution < -0.4 is 0 Å². The lowest BCUT2D eigenvalue weighted by atomic mass is 10.0. The molecule has 6 nitrogen and oxygen atoms in total. The van der Waals surface area contributed by atoms with Crippen LogP contribution in [0.4, 0.5) is 0 Å². The summed E-state index contributed by atoms with van der Waals surface area (Å²) in [5.74, 6) is 1.28. The molecule has 2 aromatic carbocycles. The number of aromatic nitrogens is 2. The van der Waals surface area contributed by atoms with Gasteiger partial charge in [0.25, 0.3) is 0 Å². The third-order valence-electron chi connectivity index (χ3n) is 5.33. The monoisotopic (exact) mass is 486 g/mol. The Balaban J connectivity index is 1.61. The Hall–Kier alpha value is -2.45. The lowest BCUT2D eigenvalue weighted by Gasteiger charge is -2.13. The number of carbonyl (C=O) groups is 2. The summed E-state index contributed by atoms with van der Waals surface area (Å²) in [6.07, 6.45) is 3.36. The van der Waals surface area contributed by atoms with Crippen LogP contribution in [-0.4, -0.2) is 39.2 Å². The van der Waals surface area contributed by atoms with Crippen LogP contribution in [0.5, 0.6) is 5.75 Å². The van der Waals surface area contributed by atoms with Gasteiger partial charge in [0, 0.05) is 10.5 Å². The van der Waals surface area contributed by atoms with Gasteiger partial charge in [-0.15, -0.1) is 11.8 Å². The van der Waals surface area contributed by atoms with E-state index in [4.69, 9.17) is 17.4 Å². The number of hydrogen-bond donors (Lipinski definition) is 3. The number of fused-ring (bicyclic) bond motifs is 1. The Morgan fingerprint density at radius 1 is 1.24 bits per heavy atom. The zero-order valence-electron chi connectivity index (χ0n) is 19.2. The maximum Gasteiger partial charge on any atom is 0.338 e. The molecule has 1 unspecified atom stereocenters. The number of phenols is 1. The van der Waals surface area contributed by atoms with Gasteiger partial charge in [-0.1, -0.05) is 13.3 Å². The van der Waals surface area contributed by atoms with Gasteiger partial charge in [-0.05, 0) is 69.2 Å². The molecule has 0 aliphatic rings. The number of H-pyrrole nitrogens is 1. The van der Waals surface area contributed by atoms with Crippen molar-refractivity contribution in [2.45, 2.75) is 56.6 Å². The molecule has 0 aliphatic carbocycles. The number of aromatic amines is 1. The normalized spacial score (nSPS) is 12.1. The summed E-state index contributed by atoms with van der Waals surface area (Å²) in [4.78, 5) is 32.6. The minimum Gasteiger partial charge on any atom is -0.507 e. The molecule has 0 radical (unpaired) electrons. The van der Waals surface area contributed by atoms with E-state index < -0.39 is 0 Å². The Morgan fingerprint density at radius 2 is 2.03 bits per heavy atom. The van der Waals surface area contributed by atoms with Gasteiger partial charge in [0.1, 0.15) is 11.6 Å². The number of phenolic OH excluding ortho intramolecular Hbond substituents is 1. The highest BCUT2D eigenvalue weighted by molar-refractivity contribution is 7.99. The van der Waals surface area contributed by atoms with E-state index in [1.165, 1.54) is 6.92 Å². The number of ketones is 1. The molecule has 0 amide bonds. The molecular formula is C25H30N2O4S2. The van der Waals surface area contributed by atoms with Crippen LogP contribution in [0.1, 0.15) is 77.4 Å². The molecule has 0 saturated heterocycles. The smallest absolute Gasteiger partial charge is 0.338 e. The minimum atomic E-state index is -0.347. The average Bonchev–Trinajstić information content (AvgIpc) is 3.22. The number of benzene rings is 2. The van der Waals surface area contributed by atoms with Gasteiger partial charge in [0.05, 0.1) is 34.0 Å². The first-order valence-electron chi connectivity index (χ1n) is 11.2. The number of thioether (sulfide) groups is 1. The maximum absolute atomic E-state index is 12.0. The molecule has 0 fully saturated rings. The zero-order chi connectivity index (χ0) is 24.0. The first-order chi connectivity index (χ1) is 15.8. The van der Waals surface area contributed by atoms with E-state index in [0.29, 0.717) is 17.7 Å². The molecule has 3 rings (SSSR count). The van der Waals surface area contributed by atoms with Crippen LogP contribution in [0.15, 0.2) is 35.2 Å². The van der Waals surface area contributed by atoms with Crippen LogP contribution in [-0.2, 0) is 11.2 Å². The quantitative estimate of drug-likeness (QED) is 0.0991. The Labute approximate surface area is 203 Å². The molecular weight excluding hydrogens is 456 g/mol. The van der Waals surface area contributed by atoms with Crippen LogP contribution >= 0.6 is 24.4 Å². The van der Waals surface area contributed by atoms with Gasteiger partial charge < -0.3 is 14.8 Å². The molecule has 1 aromatic heterocycles. The summed E-state index contributed by atoms with van der Waals surface area (Å²) in [5.41, 5.74) is 3.31. The van der Waals surface area contributed by atoms with Crippen molar-refractivity contribution in [1.82, 2.24) is 9.97 Å². The van der Waals surface area contributed by atoms with Crippen LogP contribution in [0.25, 0.3) is 11.0 Å². The van der Waals surface area contributed by atoms with Crippen LogP contribution in [0, 0.1) is 0 Å². The fourth-order valence-electron chi connectivity index (χ4n) is 3.65. The summed E-state index contributed by atoms with van der Waals surface area (Å²) in [6.45, 7) is 5.65. The number of rotatable bonds is 11. The van der Waals surface area contributed by atoms with Gasteiger partial charge in [-0.25, -0.2) is 9.78 Å². The van der Waals surface area contributed by atoms with Gasteiger partial charge in [0.2, 0.25) is 0 Å². The van der Waals surface area contributed by atoms with Gasteiger partial charge in [-0.3, -0.25) is 4.79 Å². The Kier molecular flexibility index (Phi) is 8.86. The molecule has 0 aliphatic heterocycles. The predicted octanol–water partition coefficient (Wildman–Crippen LogP) is 6.14. The van der Waals surface area contributed by atoms with E-state index in [2.05, 4.69) is 16.9 Å².